The second kappa shape index (κ2) is 6.31. The van der Waals surface area contributed by atoms with Crippen molar-refractivity contribution < 1.29 is 18.5 Å². The Kier molecular flexibility index (Phi) is 4.47. The van der Waals surface area contributed by atoms with Crippen LogP contribution in [0.15, 0.2) is 34.5 Å². The number of amides is 1. The minimum Gasteiger partial charge on any atom is -0.443 e. The van der Waals surface area contributed by atoms with E-state index in [0.717, 1.165) is 22.1 Å². The van der Waals surface area contributed by atoms with E-state index >= 15 is 0 Å². The number of carbonyl (C=O) groups is 1. The highest BCUT2D eigenvalue weighted by Gasteiger charge is 2.52. The van der Waals surface area contributed by atoms with Crippen molar-refractivity contribution in [2.75, 3.05) is 6.54 Å². The average molecular weight is 342 g/mol. The average Bonchev–Trinajstić information content (AvgIpc) is 3.05. The van der Waals surface area contributed by atoms with Gasteiger partial charge in [0, 0.05) is 13.5 Å². The zero-order chi connectivity index (χ0) is 18.2. The number of hydrogen-bond acceptors (Lipinski definition) is 5. The first-order valence-electron chi connectivity index (χ1n) is 8.32. The van der Waals surface area contributed by atoms with E-state index < -0.39 is 18.3 Å². The third-order valence-corrected chi connectivity index (χ3v) is 4.80. The molecule has 1 N–H and O–H groups in total. The van der Waals surface area contributed by atoms with Crippen LogP contribution in [0.3, 0.4) is 0 Å². The van der Waals surface area contributed by atoms with E-state index in [1.54, 1.807) is 0 Å². The quantitative estimate of drug-likeness (QED) is 0.865. The topological polar surface area (TPSA) is 73.6 Å². The molecule has 3 rings (SSSR count). The van der Waals surface area contributed by atoms with Crippen molar-refractivity contribution in [3.63, 3.8) is 0 Å². The Morgan fingerprint density at radius 3 is 2.56 bits per heavy atom. The number of benzene rings is 1. The lowest BCUT2D eigenvalue weighted by Crippen LogP contribution is -2.41. The highest BCUT2D eigenvalue weighted by molar-refractivity contribution is 6.56. The van der Waals surface area contributed by atoms with Crippen molar-refractivity contribution in [3.8, 4) is 0 Å². The summed E-state index contributed by atoms with van der Waals surface area (Å²) < 4.78 is 17.5. The van der Waals surface area contributed by atoms with Crippen LogP contribution in [0.2, 0.25) is 0 Å². The van der Waals surface area contributed by atoms with E-state index in [-0.39, 0.29) is 5.91 Å². The fourth-order valence-corrected chi connectivity index (χ4v) is 2.60. The first-order chi connectivity index (χ1) is 11.7. The van der Waals surface area contributed by atoms with Gasteiger partial charge >= 0.3 is 7.12 Å². The molecule has 6 nitrogen and oxygen atoms in total. The van der Waals surface area contributed by atoms with Crippen LogP contribution in [-0.4, -0.2) is 35.8 Å². The molecule has 0 aliphatic carbocycles. The fraction of sp³-hybridized carbons (Fsp3) is 0.444. The van der Waals surface area contributed by atoms with Gasteiger partial charge in [-0.15, -0.1) is 0 Å². The summed E-state index contributed by atoms with van der Waals surface area (Å²) in [4.78, 5) is 15.5. The van der Waals surface area contributed by atoms with Gasteiger partial charge in [0.15, 0.2) is 12.0 Å². The Morgan fingerprint density at radius 2 is 1.92 bits per heavy atom. The molecule has 1 aromatic carbocycles. The van der Waals surface area contributed by atoms with Gasteiger partial charge in [-0.3, -0.25) is 4.79 Å². The monoisotopic (exact) mass is 342 g/mol. The summed E-state index contributed by atoms with van der Waals surface area (Å²) in [6, 6.07) is 5.73. The normalized spacial score (nSPS) is 19.4. The lowest BCUT2D eigenvalue weighted by atomic mass is 9.77. The molecule has 2 aromatic rings. The summed E-state index contributed by atoms with van der Waals surface area (Å²) in [5.41, 5.74) is 2.41. The number of aromatic nitrogens is 1. The molecule has 1 amide bonds. The Labute approximate surface area is 147 Å². The summed E-state index contributed by atoms with van der Waals surface area (Å²) in [7, 11) is -0.523. The number of hydrogen-bond donors (Lipinski definition) is 1. The highest BCUT2D eigenvalue weighted by atomic mass is 16.7. The maximum absolute atomic E-state index is 11.4. The molecule has 1 fully saturated rings. The zero-order valence-corrected chi connectivity index (χ0v) is 15.3. The molecule has 0 unspecified atom stereocenters. The van der Waals surface area contributed by atoms with Crippen LogP contribution in [0.25, 0.3) is 17.2 Å². The number of carbonyl (C=O) groups excluding carboxylic acids is 1. The van der Waals surface area contributed by atoms with Crippen molar-refractivity contribution in [2.45, 2.75) is 45.8 Å². The minimum atomic E-state index is -0.523. The van der Waals surface area contributed by atoms with E-state index in [0.29, 0.717) is 6.54 Å². The van der Waals surface area contributed by atoms with Gasteiger partial charge in [-0.1, -0.05) is 12.1 Å². The van der Waals surface area contributed by atoms with Crippen molar-refractivity contribution in [1.29, 1.82) is 0 Å². The van der Waals surface area contributed by atoms with Gasteiger partial charge < -0.3 is 19.0 Å². The van der Waals surface area contributed by atoms with Crippen LogP contribution in [0.5, 0.6) is 0 Å². The Balaban J connectivity index is 1.92. The second-order valence-corrected chi connectivity index (χ2v) is 7.30. The van der Waals surface area contributed by atoms with Crippen LogP contribution in [-0.2, 0) is 14.1 Å². The molecule has 1 aliphatic rings. The number of fused-ring (bicyclic) bond motifs is 1. The van der Waals surface area contributed by atoms with E-state index in [4.69, 9.17) is 13.7 Å². The zero-order valence-electron chi connectivity index (χ0n) is 15.3. The first-order valence-corrected chi connectivity index (χ1v) is 8.32. The molecular weight excluding hydrogens is 319 g/mol. The van der Waals surface area contributed by atoms with Crippen molar-refractivity contribution in [1.82, 2.24) is 10.3 Å². The Bertz CT molecular complexity index is 809. The number of oxazole rings is 1. The van der Waals surface area contributed by atoms with Crippen molar-refractivity contribution >= 4 is 30.2 Å². The number of rotatable bonds is 4. The molecule has 0 bridgehead atoms. The van der Waals surface area contributed by atoms with E-state index in [1.807, 2.05) is 52.0 Å². The third kappa shape index (κ3) is 3.62. The number of nitrogens with zero attached hydrogens (tertiary/aromatic N) is 1. The molecule has 0 atom stereocenters. The molecule has 0 spiro atoms. The van der Waals surface area contributed by atoms with E-state index in [1.165, 1.54) is 13.3 Å². The van der Waals surface area contributed by atoms with E-state index in [9.17, 15) is 4.79 Å². The molecule has 2 heterocycles. The minimum absolute atomic E-state index is 0.102. The molecule has 7 heteroatoms. The van der Waals surface area contributed by atoms with Crippen molar-refractivity contribution in [3.05, 3.63) is 35.6 Å². The molecule has 132 valence electrons. The van der Waals surface area contributed by atoms with Gasteiger partial charge in [0.25, 0.3) is 0 Å². The van der Waals surface area contributed by atoms with Gasteiger partial charge in [-0.2, -0.15) is 0 Å². The fourth-order valence-electron chi connectivity index (χ4n) is 2.60. The maximum atomic E-state index is 11.4. The smallest absolute Gasteiger partial charge is 0.443 e. The van der Waals surface area contributed by atoms with Gasteiger partial charge in [0.2, 0.25) is 5.91 Å². The Morgan fingerprint density at radius 1 is 1.24 bits per heavy atom. The predicted octanol–water partition coefficient (Wildman–Crippen LogP) is 2.98. The lowest BCUT2D eigenvalue weighted by molar-refractivity contribution is -0.118. The standard InChI is InChI=1S/C18H23BN2O4/c1-12(22)20-10-14(19-24-17(2,3)18(4,5)25-19)8-13-6-7-16-15(9-13)21-11-23-16/h6-9,11H,10H2,1-5H3,(H,20,22). The van der Waals surface area contributed by atoms with Gasteiger partial charge in [0.05, 0.1) is 11.2 Å². The maximum Gasteiger partial charge on any atom is 0.492 e. The summed E-state index contributed by atoms with van der Waals surface area (Å²) in [6.45, 7) is 9.86. The van der Waals surface area contributed by atoms with Crippen LogP contribution in [0.4, 0.5) is 0 Å². The SMILES string of the molecule is CC(=O)NCC(=Cc1ccc2ocnc2c1)B1OC(C)(C)C(C)(C)O1. The molecule has 0 saturated carbocycles. The molecule has 1 saturated heterocycles. The summed E-state index contributed by atoms with van der Waals surface area (Å²) >= 11 is 0. The van der Waals surface area contributed by atoms with Crippen LogP contribution in [0.1, 0.15) is 40.2 Å². The van der Waals surface area contributed by atoms with Crippen LogP contribution in [0, 0.1) is 0 Å². The van der Waals surface area contributed by atoms with Gasteiger partial charge in [0.1, 0.15) is 5.52 Å². The van der Waals surface area contributed by atoms with Gasteiger partial charge in [-0.05, 0) is 50.9 Å². The molecular formula is C18H23BN2O4. The number of nitrogens with one attached hydrogen (secondary N) is 1. The van der Waals surface area contributed by atoms with Crippen molar-refractivity contribution in [2.24, 2.45) is 0 Å². The summed E-state index contributed by atoms with van der Waals surface area (Å²) in [5, 5.41) is 2.83. The summed E-state index contributed by atoms with van der Waals surface area (Å²) in [5.74, 6) is -0.102. The largest absolute Gasteiger partial charge is 0.492 e. The third-order valence-electron chi connectivity index (χ3n) is 4.80. The Hall–Kier alpha value is -2.12. The predicted molar refractivity (Wildman–Crippen MR) is 96.8 cm³/mol. The molecule has 1 aliphatic heterocycles. The highest BCUT2D eigenvalue weighted by Crippen LogP contribution is 2.38. The van der Waals surface area contributed by atoms with Crippen LogP contribution < -0.4 is 5.32 Å². The molecule has 0 radical (unpaired) electrons. The summed E-state index contributed by atoms with van der Waals surface area (Å²) in [6.07, 6.45) is 3.39. The van der Waals surface area contributed by atoms with E-state index in [2.05, 4.69) is 10.3 Å². The van der Waals surface area contributed by atoms with Gasteiger partial charge in [-0.25, -0.2) is 4.98 Å². The van der Waals surface area contributed by atoms with Crippen LogP contribution >= 0.6 is 0 Å². The molecule has 25 heavy (non-hydrogen) atoms. The second-order valence-electron chi connectivity index (χ2n) is 7.30. The first kappa shape index (κ1) is 17.7. The lowest BCUT2D eigenvalue weighted by Gasteiger charge is -2.32. The molecule has 1 aromatic heterocycles.